The lowest BCUT2D eigenvalue weighted by atomic mass is 9.97. The van der Waals surface area contributed by atoms with Gasteiger partial charge in [-0.05, 0) is 46.5 Å². The third kappa shape index (κ3) is 3.64. The molecule has 0 aliphatic heterocycles. The molecule has 0 fully saturated rings. The van der Waals surface area contributed by atoms with Gasteiger partial charge in [-0.3, -0.25) is 4.79 Å². The van der Waals surface area contributed by atoms with Crippen LogP contribution in [0, 0.1) is 0 Å². The van der Waals surface area contributed by atoms with Crippen molar-refractivity contribution in [2.24, 2.45) is 0 Å². The van der Waals surface area contributed by atoms with E-state index in [0.717, 1.165) is 33.5 Å². The molecule has 0 aliphatic rings. The molecule has 3 nitrogen and oxygen atoms in total. The number of ether oxygens (including phenoxy) is 1. The monoisotopic (exact) mass is 382 g/mol. The summed E-state index contributed by atoms with van der Waals surface area (Å²) in [5.41, 5.74) is 2.21. The van der Waals surface area contributed by atoms with E-state index in [1.165, 1.54) is 0 Å². The minimum Gasteiger partial charge on any atom is -0.451 e. The maximum Gasteiger partial charge on any atom is 0.340 e. The normalized spacial score (nSPS) is 12.1. The molecule has 3 heteroatoms. The van der Waals surface area contributed by atoms with E-state index in [2.05, 4.69) is 13.0 Å². The second kappa shape index (κ2) is 7.88. The molecule has 0 aliphatic carbocycles. The van der Waals surface area contributed by atoms with E-state index in [4.69, 9.17) is 4.74 Å². The zero-order valence-electron chi connectivity index (χ0n) is 16.5. The second-order valence-corrected chi connectivity index (χ2v) is 7.16. The zero-order valence-corrected chi connectivity index (χ0v) is 16.5. The molecule has 0 spiro atoms. The Balaban J connectivity index is 1.68. The van der Waals surface area contributed by atoms with Gasteiger partial charge in [0.2, 0.25) is 5.78 Å². The van der Waals surface area contributed by atoms with Gasteiger partial charge < -0.3 is 4.74 Å². The number of carbonyl (C=O) groups excluding carboxylic acids is 2. The van der Waals surface area contributed by atoms with Gasteiger partial charge in [-0.25, -0.2) is 4.79 Å². The average molecular weight is 382 g/mol. The van der Waals surface area contributed by atoms with Gasteiger partial charge in [0.05, 0.1) is 5.56 Å². The minimum atomic E-state index is -0.868. The summed E-state index contributed by atoms with van der Waals surface area (Å²) in [6.07, 6.45) is 0.0420. The van der Waals surface area contributed by atoms with Crippen molar-refractivity contribution in [1.82, 2.24) is 0 Å². The number of aryl methyl sites for hydroxylation is 1. The van der Waals surface area contributed by atoms with E-state index in [1.807, 2.05) is 60.7 Å². The van der Waals surface area contributed by atoms with Crippen LogP contribution in [0.5, 0.6) is 0 Å². The highest BCUT2D eigenvalue weighted by atomic mass is 16.5. The second-order valence-electron chi connectivity index (χ2n) is 7.16. The Morgan fingerprint density at radius 3 is 1.93 bits per heavy atom. The summed E-state index contributed by atoms with van der Waals surface area (Å²) in [4.78, 5) is 25.9. The number of ketones is 1. The van der Waals surface area contributed by atoms with Crippen molar-refractivity contribution in [3.05, 3.63) is 95.6 Å². The summed E-state index contributed by atoms with van der Waals surface area (Å²) in [6, 6.07) is 25.0. The summed E-state index contributed by atoms with van der Waals surface area (Å²) in [7, 11) is 0. The van der Waals surface area contributed by atoms with Gasteiger partial charge >= 0.3 is 5.97 Å². The van der Waals surface area contributed by atoms with Gasteiger partial charge in [-0.2, -0.15) is 0 Å². The number of esters is 1. The van der Waals surface area contributed by atoms with Crippen LogP contribution in [-0.4, -0.2) is 17.9 Å². The van der Waals surface area contributed by atoms with Crippen molar-refractivity contribution in [2.45, 2.75) is 26.4 Å². The summed E-state index contributed by atoms with van der Waals surface area (Å²) in [5.74, 6) is -0.686. The molecule has 0 N–H and O–H groups in total. The molecule has 4 aromatic carbocycles. The van der Waals surface area contributed by atoms with E-state index in [1.54, 1.807) is 19.1 Å². The molecule has 0 radical (unpaired) electrons. The van der Waals surface area contributed by atoms with E-state index < -0.39 is 12.1 Å². The van der Waals surface area contributed by atoms with Gasteiger partial charge in [0.25, 0.3) is 0 Å². The van der Waals surface area contributed by atoms with Crippen LogP contribution < -0.4 is 0 Å². The summed E-state index contributed by atoms with van der Waals surface area (Å²) >= 11 is 0. The quantitative estimate of drug-likeness (QED) is 0.242. The summed E-state index contributed by atoms with van der Waals surface area (Å²) in [6.45, 7) is 3.69. The predicted octanol–water partition coefficient (Wildman–Crippen LogP) is 5.98. The van der Waals surface area contributed by atoms with Crippen LogP contribution in [0.1, 0.15) is 40.1 Å². The van der Waals surface area contributed by atoms with Gasteiger partial charge in [0.1, 0.15) is 0 Å². The topological polar surface area (TPSA) is 43.4 Å². The molecule has 0 saturated heterocycles. The number of hydrogen-bond acceptors (Lipinski definition) is 3. The van der Waals surface area contributed by atoms with Crippen molar-refractivity contribution in [3.63, 3.8) is 0 Å². The number of hydrogen-bond donors (Lipinski definition) is 0. The summed E-state index contributed by atoms with van der Waals surface area (Å²) in [5, 5.41) is 3.57. The highest BCUT2D eigenvalue weighted by Crippen LogP contribution is 2.29. The molecule has 0 heterocycles. The number of rotatable bonds is 5. The van der Waals surface area contributed by atoms with Crippen molar-refractivity contribution in [1.29, 1.82) is 0 Å². The molecule has 0 saturated carbocycles. The molecule has 0 amide bonds. The molecule has 0 bridgehead atoms. The predicted molar refractivity (Wildman–Crippen MR) is 116 cm³/mol. The van der Waals surface area contributed by atoms with Crippen molar-refractivity contribution in [3.8, 4) is 0 Å². The number of benzene rings is 4. The molecule has 29 heavy (non-hydrogen) atoms. The van der Waals surface area contributed by atoms with Crippen LogP contribution in [0.15, 0.2) is 78.9 Å². The van der Waals surface area contributed by atoms with Gasteiger partial charge in [0, 0.05) is 5.56 Å². The SMILES string of the molecule is CCc1ccc(C(=O)[C@H](C)OC(=O)c2c3ccccc3cc3ccccc23)cc1. The van der Waals surface area contributed by atoms with E-state index in [9.17, 15) is 9.59 Å². The lowest BCUT2D eigenvalue weighted by Crippen LogP contribution is -2.24. The molecule has 4 rings (SSSR count). The fraction of sp³-hybridized carbons (Fsp3) is 0.154. The van der Waals surface area contributed by atoms with Crippen molar-refractivity contribution >= 4 is 33.3 Å². The Labute approximate surface area is 169 Å². The Morgan fingerprint density at radius 2 is 1.38 bits per heavy atom. The Bertz CT molecular complexity index is 1150. The zero-order chi connectivity index (χ0) is 20.4. The Morgan fingerprint density at radius 1 is 0.828 bits per heavy atom. The first-order valence-electron chi connectivity index (χ1n) is 9.83. The van der Waals surface area contributed by atoms with Crippen molar-refractivity contribution in [2.75, 3.05) is 0 Å². The first-order valence-corrected chi connectivity index (χ1v) is 9.83. The fourth-order valence-electron chi connectivity index (χ4n) is 3.65. The first kappa shape index (κ1) is 18.9. The molecule has 144 valence electrons. The molecule has 0 unspecified atom stereocenters. The maximum absolute atomic E-state index is 13.1. The third-order valence-electron chi connectivity index (χ3n) is 5.28. The average Bonchev–Trinajstić information content (AvgIpc) is 2.76. The van der Waals surface area contributed by atoms with Gasteiger partial charge in [-0.15, -0.1) is 0 Å². The number of Topliss-reactive ketones (excluding diaryl/α,β-unsaturated/α-hetero) is 1. The number of carbonyl (C=O) groups is 2. The smallest absolute Gasteiger partial charge is 0.340 e. The van der Waals surface area contributed by atoms with Crippen LogP contribution in [0.25, 0.3) is 21.5 Å². The van der Waals surface area contributed by atoms with E-state index in [-0.39, 0.29) is 5.78 Å². The van der Waals surface area contributed by atoms with Crippen LogP contribution in [0.2, 0.25) is 0 Å². The van der Waals surface area contributed by atoms with Crippen LogP contribution >= 0.6 is 0 Å². The molecular formula is C26H22O3. The van der Waals surface area contributed by atoms with Crippen LogP contribution in [0.4, 0.5) is 0 Å². The molecule has 0 aromatic heterocycles. The fourth-order valence-corrected chi connectivity index (χ4v) is 3.65. The maximum atomic E-state index is 13.1. The van der Waals surface area contributed by atoms with E-state index >= 15 is 0 Å². The van der Waals surface area contributed by atoms with E-state index in [0.29, 0.717) is 11.1 Å². The summed E-state index contributed by atoms with van der Waals surface area (Å²) < 4.78 is 5.64. The highest BCUT2D eigenvalue weighted by molar-refractivity contribution is 6.17. The third-order valence-corrected chi connectivity index (χ3v) is 5.28. The van der Waals surface area contributed by atoms with Gasteiger partial charge in [0.15, 0.2) is 6.10 Å². The standard InChI is InChI=1S/C26H22O3/c1-3-18-12-14-19(15-13-18)25(27)17(2)29-26(28)24-22-10-6-4-8-20(22)16-21-9-5-7-11-23(21)24/h4-17H,3H2,1-2H3/t17-/m0/s1. The first-order chi connectivity index (χ1) is 14.1. The highest BCUT2D eigenvalue weighted by Gasteiger charge is 2.23. The lowest BCUT2D eigenvalue weighted by Gasteiger charge is -2.15. The van der Waals surface area contributed by atoms with Crippen molar-refractivity contribution < 1.29 is 14.3 Å². The minimum absolute atomic E-state index is 0.203. The van der Waals surface area contributed by atoms with Gasteiger partial charge in [-0.1, -0.05) is 79.7 Å². The molecule has 4 aromatic rings. The Hall–Kier alpha value is -3.46. The molecule has 1 atom stereocenters. The van der Waals surface area contributed by atoms with Crippen LogP contribution in [0.3, 0.4) is 0 Å². The lowest BCUT2D eigenvalue weighted by molar-refractivity contribution is 0.0322. The van der Waals surface area contributed by atoms with Crippen LogP contribution in [-0.2, 0) is 11.2 Å². The Kier molecular flexibility index (Phi) is 5.13. The number of fused-ring (bicyclic) bond motifs is 2. The largest absolute Gasteiger partial charge is 0.451 e. The molecular weight excluding hydrogens is 360 g/mol.